The molecule has 20 heavy (non-hydrogen) atoms. The molecule has 2 rings (SSSR count). The number of nitrogens with zero attached hydrogens (tertiary/aromatic N) is 3. The Bertz CT molecular complexity index is 599. The van der Waals surface area contributed by atoms with Crippen molar-refractivity contribution in [2.45, 2.75) is 34.1 Å². The summed E-state index contributed by atoms with van der Waals surface area (Å²) in [5.74, 6) is 6.90. The minimum atomic E-state index is 0.200. The van der Waals surface area contributed by atoms with Crippen LogP contribution < -0.4 is 16.2 Å². The predicted molar refractivity (Wildman–Crippen MR) is 87.3 cm³/mol. The average Bonchev–Trinajstić information content (AvgIpc) is 2.77. The molecule has 0 unspecified atom stereocenters. The van der Waals surface area contributed by atoms with Gasteiger partial charge in [0.15, 0.2) is 0 Å². The number of aromatic nitrogens is 2. The summed E-state index contributed by atoms with van der Waals surface area (Å²) in [5.41, 5.74) is 2.76. The fraction of sp³-hybridized carbons (Fsp3) is 0.571. The van der Waals surface area contributed by atoms with Crippen LogP contribution in [-0.4, -0.2) is 23.6 Å². The summed E-state index contributed by atoms with van der Waals surface area (Å²) in [7, 11) is 2.07. The Morgan fingerprint density at radius 2 is 2.05 bits per heavy atom. The molecular weight excluding hydrogens is 270 g/mol. The second-order valence-electron chi connectivity index (χ2n) is 6.22. The highest BCUT2D eigenvalue weighted by molar-refractivity contribution is 7.18. The highest BCUT2D eigenvalue weighted by atomic mass is 32.1. The van der Waals surface area contributed by atoms with Gasteiger partial charge in [0, 0.05) is 18.5 Å². The summed E-state index contributed by atoms with van der Waals surface area (Å²) in [5, 5.41) is 1.11. The van der Waals surface area contributed by atoms with Gasteiger partial charge < -0.3 is 4.90 Å². The van der Waals surface area contributed by atoms with E-state index in [4.69, 9.17) is 5.84 Å². The lowest BCUT2D eigenvalue weighted by atomic mass is 9.96. The first-order chi connectivity index (χ1) is 9.34. The second kappa shape index (κ2) is 5.54. The van der Waals surface area contributed by atoms with Gasteiger partial charge in [-0.2, -0.15) is 4.98 Å². The molecule has 0 fully saturated rings. The maximum absolute atomic E-state index is 5.49. The van der Waals surface area contributed by atoms with Crippen LogP contribution in [-0.2, 0) is 6.42 Å². The molecule has 2 aromatic heterocycles. The fourth-order valence-corrected chi connectivity index (χ4v) is 3.23. The van der Waals surface area contributed by atoms with Gasteiger partial charge in [-0.3, -0.25) is 5.43 Å². The third kappa shape index (κ3) is 3.19. The minimum absolute atomic E-state index is 0.200. The Morgan fingerprint density at radius 3 is 2.60 bits per heavy atom. The molecule has 2 heterocycles. The lowest BCUT2D eigenvalue weighted by Crippen LogP contribution is -2.30. The van der Waals surface area contributed by atoms with Gasteiger partial charge in [0.1, 0.15) is 10.6 Å². The average molecular weight is 293 g/mol. The van der Waals surface area contributed by atoms with E-state index in [2.05, 4.69) is 61.1 Å². The summed E-state index contributed by atoms with van der Waals surface area (Å²) < 4.78 is 0. The summed E-state index contributed by atoms with van der Waals surface area (Å²) in [6.45, 7) is 9.72. The van der Waals surface area contributed by atoms with Crippen molar-refractivity contribution in [2.75, 3.05) is 23.9 Å². The molecule has 0 saturated heterocycles. The van der Waals surface area contributed by atoms with Gasteiger partial charge in [-0.25, -0.2) is 10.8 Å². The zero-order chi connectivity index (χ0) is 14.9. The zero-order valence-corrected chi connectivity index (χ0v) is 13.6. The lowest BCUT2D eigenvalue weighted by Gasteiger charge is -2.28. The number of anilines is 2. The van der Waals surface area contributed by atoms with Gasteiger partial charge in [-0.15, -0.1) is 11.3 Å². The molecule has 6 heteroatoms. The predicted octanol–water partition coefficient (Wildman–Crippen LogP) is 3.02. The van der Waals surface area contributed by atoms with E-state index in [9.17, 15) is 0 Å². The number of rotatable bonds is 4. The van der Waals surface area contributed by atoms with E-state index in [1.807, 2.05) is 0 Å². The Morgan fingerprint density at radius 1 is 1.35 bits per heavy atom. The molecule has 2 aromatic rings. The molecule has 0 aliphatic heterocycles. The fourth-order valence-electron chi connectivity index (χ4n) is 2.27. The number of nitrogens with one attached hydrogen (secondary N) is 1. The van der Waals surface area contributed by atoms with Crippen LogP contribution >= 0.6 is 11.3 Å². The van der Waals surface area contributed by atoms with Gasteiger partial charge in [0.05, 0.1) is 5.39 Å². The van der Waals surface area contributed by atoms with Crippen LogP contribution in [0.1, 0.15) is 32.6 Å². The number of nitrogens with two attached hydrogens (primary N) is 1. The number of fused-ring (bicyclic) bond motifs is 1. The van der Waals surface area contributed by atoms with Gasteiger partial charge in [0.25, 0.3) is 0 Å². The minimum Gasteiger partial charge on any atom is -0.358 e. The Hall–Kier alpha value is -1.40. The zero-order valence-electron chi connectivity index (χ0n) is 12.8. The molecule has 3 N–H and O–H groups in total. The number of nitrogen functional groups attached to an aromatic ring is 1. The van der Waals surface area contributed by atoms with Gasteiger partial charge in [0.2, 0.25) is 5.95 Å². The molecular formula is C14H23N5S. The van der Waals surface area contributed by atoms with Crippen LogP contribution in [0, 0.1) is 5.41 Å². The molecule has 0 aliphatic rings. The first-order valence-corrected chi connectivity index (χ1v) is 7.64. The SMILES string of the molecule is CCc1cc2c(N(C)CC(C)(C)C)nc(NN)nc2s1. The number of thiophene rings is 1. The highest BCUT2D eigenvalue weighted by Crippen LogP contribution is 2.32. The summed E-state index contributed by atoms with van der Waals surface area (Å²) in [6, 6.07) is 2.19. The van der Waals surface area contributed by atoms with Crippen molar-refractivity contribution in [3.05, 3.63) is 10.9 Å². The van der Waals surface area contributed by atoms with E-state index >= 15 is 0 Å². The second-order valence-corrected chi connectivity index (χ2v) is 7.33. The van der Waals surface area contributed by atoms with Crippen molar-refractivity contribution in [2.24, 2.45) is 11.3 Å². The van der Waals surface area contributed by atoms with E-state index in [0.29, 0.717) is 5.95 Å². The molecule has 0 aliphatic carbocycles. The lowest BCUT2D eigenvalue weighted by molar-refractivity contribution is 0.418. The van der Waals surface area contributed by atoms with Gasteiger partial charge in [-0.1, -0.05) is 27.7 Å². The van der Waals surface area contributed by atoms with Crippen molar-refractivity contribution >= 4 is 33.3 Å². The number of hydrazine groups is 1. The molecule has 0 spiro atoms. The topological polar surface area (TPSA) is 67.1 Å². The molecule has 110 valence electrons. The Balaban J connectivity index is 2.51. The van der Waals surface area contributed by atoms with E-state index in [-0.39, 0.29) is 5.41 Å². The molecule has 0 saturated carbocycles. The summed E-state index contributed by atoms with van der Waals surface area (Å²) in [4.78, 5) is 13.5. The third-order valence-corrected chi connectivity index (χ3v) is 4.15. The standard InChI is InChI=1S/C14H23N5S/c1-6-9-7-10-11(19(5)8-14(2,3)4)16-13(18-15)17-12(10)20-9/h7H,6,8,15H2,1-5H3,(H,16,17,18). The van der Waals surface area contributed by atoms with E-state index < -0.39 is 0 Å². The molecule has 0 radical (unpaired) electrons. The Labute approximate surface area is 124 Å². The van der Waals surface area contributed by atoms with Crippen molar-refractivity contribution in [1.29, 1.82) is 0 Å². The van der Waals surface area contributed by atoms with E-state index in [1.165, 1.54) is 4.88 Å². The van der Waals surface area contributed by atoms with Gasteiger partial charge in [-0.05, 0) is 17.9 Å². The van der Waals surface area contributed by atoms with Crippen LogP contribution in [0.2, 0.25) is 0 Å². The van der Waals surface area contributed by atoms with Gasteiger partial charge >= 0.3 is 0 Å². The smallest absolute Gasteiger partial charge is 0.240 e. The third-order valence-electron chi connectivity index (χ3n) is 2.97. The molecule has 5 nitrogen and oxygen atoms in total. The van der Waals surface area contributed by atoms with Crippen LogP contribution in [0.4, 0.5) is 11.8 Å². The maximum atomic E-state index is 5.49. The first kappa shape index (κ1) is 15.0. The first-order valence-electron chi connectivity index (χ1n) is 6.82. The quantitative estimate of drug-likeness (QED) is 0.670. The number of aryl methyl sites for hydroxylation is 1. The van der Waals surface area contributed by atoms with Crippen LogP contribution in [0.5, 0.6) is 0 Å². The number of hydrogen-bond acceptors (Lipinski definition) is 6. The van der Waals surface area contributed by atoms with Crippen molar-refractivity contribution < 1.29 is 0 Å². The molecule has 0 aromatic carbocycles. The molecule has 0 atom stereocenters. The summed E-state index contributed by atoms with van der Waals surface area (Å²) >= 11 is 1.70. The normalized spacial score (nSPS) is 11.9. The highest BCUT2D eigenvalue weighted by Gasteiger charge is 2.19. The summed E-state index contributed by atoms with van der Waals surface area (Å²) in [6.07, 6.45) is 1.01. The van der Waals surface area contributed by atoms with Crippen LogP contribution in [0.15, 0.2) is 6.07 Å². The monoisotopic (exact) mass is 293 g/mol. The van der Waals surface area contributed by atoms with Crippen molar-refractivity contribution in [1.82, 2.24) is 9.97 Å². The van der Waals surface area contributed by atoms with Crippen molar-refractivity contribution in [3.63, 3.8) is 0 Å². The largest absolute Gasteiger partial charge is 0.358 e. The molecule has 0 amide bonds. The molecule has 0 bridgehead atoms. The number of hydrogen-bond donors (Lipinski definition) is 2. The van der Waals surface area contributed by atoms with Crippen LogP contribution in [0.3, 0.4) is 0 Å². The van der Waals surface area contributed by atoms with Crippen LogP contribution in [0.25, 0.3) is 10.2 Å². The van der Waals surface area contributed by atoms with E-state index in [0.717, 1.165) is 29.0 Å². The van der Waals surface area contributed by atoms with E-state index in [1.54, 1.807) is 11.3 Å². The Kier molecular flexibility index (Phi) is 4.15. The van der Waals surface area contributed by atoms with Crippen molar-refractivity contribution in [3.8, 4) is 0 Å². The maximum Gasteiger partial charge on any atom is 0.240 e.